The first-order valence-electron chi connectivity index (χ1n) is 9.84. The van der Waals surface area contributed by atoms with Crippen LogP contribution in [0.25, 0.3) is 16.6 Å². The van der Waals surface area contributed by atoms with Crippen molar-refractivity contribution in [1.82, 2.24) is 19.5 Å². The Bertz CT molecular complexity index is 1370. The maximum atomic E-state index is 13.6. The molecule has 0 aliphatic heterocycles. The lowest BCUT2D eigenvalue weighted by Gasteiger charge is -2.18. The number of nitrogens with two attached hydrogens (primary N) is 1. The van der Waals surface area contributed by atoms with E-state index in [1.807, 2.05) is 50.2 Å². The highest BCUT2D eigenvalue weighted by atomic mass is 16.1. The lowest BCUT2D eigenvalue weighted by Crippen LogP contribution is -2.26. The molecule has 0 unspecified atom stereocenters. The van der Waals surface area contributed by atoms with Gasteiger partial charge in [-0.1, -0.05) is 24.3 Å². The summed E-state index contributed by atoms with van der Waals surface area (Å²) in [4.78, 5) is 26.3. The van der Waals surface area contributed by atoms with E-state index in [0.717, 1.165) is 22.2 Å². The Kier molecular flexibility index (Phi) is 5.21. The van der Waals surface area contributed by atoms with Crippen LogP contribution < -0.4 is 16.6 Å². The van der Waals surface area contributed by atoms with E-state index in [1.165, 1.54) is 6.33 Å². The monoisotopic (exact) mass is 413 g/mol. The van der Waals surface area contributed by atoms with E-state index in [0.29, 0.717) is 22.6 Å². The minimum atomic E-state index is -0.125. The van der Waals surface area contributed by atoms with Crippen molar-refractivity contribution in [1.29, 1.82) is 5.41 Å². The Balaban J connectivity index is 1.90. The summed E-state index contributed by atoms with van der Waals surface area (Å²) >= 11 is 0. The summed E-state index contributed by atoms with van der Waals surface area (Å²) in [6.07, 6.45) is 3.03. The largest absolute Gasteiger partial charge is 0.383 e. The highest BCUT2D eigenvalue weighted by Gasteiger charge is 2.17. The number of nitrogens with zero attached hydrogens (tertiary/aromatic N) is 4. The summed E-state index contributed by atoms with van der Waals surface area (Å²) in [5.41, 5.74) is 9.05. The lowest BCUT2D eigenvalue weighted by atomic mass is 10.1. The molecule has 1 aromatic carbocycles. The molecule has 0 aliphatic rings. The third kappa shape index (κ3) is 3.63. The van der Waals surface area contributed by atoms with Crippen molar-refractivity contribution in [2.24, 2.45) is 0 Å². The highest BCUT2D eigenvalue weighted by Crippen LogP contribution is 2.22. The molecule has 0 saturated heterocycles. The molecule has 3 heterocycles. The molecular weight excluding hydrogens is 390 g/mol. The minimum Gasteiger partial charge on any atom is -0.383 e. The van der Waals surface area contributed by atoms with Gasteiger partial charge in [-0.05, 0) is 49.4 Å². The Morgan fingerprint density at radius 3 is 2.65 bits per heavy atom. The molecule has 0 radical (unpaired) electrons. The fraction of sp³-hybridized carbons (Fsp3) is 0.174. The van der Waals surface area contributed by atoms with Gasteiger partial charge in [-0.25, -0.2) is 15.0 Å². The van der Waals surface area contributed by atoms with E-state index >= 15 is 0 Å². The molecule has 0 fully saturated rings. The number of nitrogens with one attached hydrogen (secondary N) is 2. The summed E-state index contributed by atoms with van der Waals surface area (Å²) in [6.45, 7) is 5.77. The van der Waals surface area contributed by atoms with Gasteiger partial charge < -0.3 is 16.5 Å². The quantitative estimate of drug-likeness (QED) is 0.431. The van der Waals surface area contributed by atoms with E-state index in [4.69, 9.17) is 11.1 Å². The van der Waals surface area contributed by atoms with Gasteiger partial charge in [0.25, 0.3) is 5.56 Å². The van der Waals surface area contributed by atoms with Gasteiger partial charge in [0.2, 0.25) is 0 Å². The number of anilines is 2. The van der Waals surface area contributed by atoms with Crippen LogP contribution in [0.5, 0.6) is 0 Å². The second kappa shape index (κ2) is 7.98. The van der Waals surface area contributed by atoms with Gasteiger partial charge in [-0.2, -0.15) is 0 Å². The SMILES string of the molecule is CC(=N)c1c(N)ncnc1NCc1cc2cccc(C)c2c(=O)n1-c1ncccc1C. The van der Waals surface area contributed by atoms with Gasteiger partial charge >= 0.3 is 0 Å². The maximum absolute atomic E-state index is 13.6. The van der Waals surface area contributed by atoms with Crippen molar-refractivity contribution in [2.75, 3.05) is 11.1 Å². The average Bonchev–Trinajstić information content (AvgIpc) is 2.73. The molecule has 0 aliphatic carbocycles. The van der Waals surface area contributed by atoms with Crippen molar-refractivity contribution in [3.63, 3.8) is 0 Å². The third-order valence-corrected chi connectivity index (χ3v) is 5.21. The zero-order chi connectivity index (χ0) is 22.1. The normalized spacial score (nSPS) is 10.9. The average molecular weight is 413 g/mol. The first-order chi connectivity index (χ1) is 14.9. The lowest BCUT2D eigenvalue weighted by molar-refractivity contribution is 0.854. The van der Waals surface area contributed by atoms with Crippen LogP contribution in [0.3, 0.4) is 0 Å². The van der Waals surface area contributed by atoms with Gasteiger partial charge in [-0.15, -0.1) is 0 Å². The number of fused-ring (bicyclic) bond motifs is 1. The topological polar surface area (TPSA) is 123 Å². The molecule has 0 atom stereocenters. The fourth-order valence-corrected chi connectivity index (χ4v) is 3.74. The van der Waals surface area contributed by atoms with Crippen molar-refractivity contribution in [3.8, 4) is 5.82 Å². The molecule has 8 nitrogen and oxygen atoms in total. The summed E-state index contributed by atoms with van der Waals surface area (Å²) in [6, 6.07) is 11.5. The number of aromatic nitrogens is 4. The Hall–Kier alpha value is -4.07. The second-order valence-corrected chi connectivity index (χ2v) is 7.42. The van der Waals surface area contributed by atoms with Crippen LogP contribution in [0, 0.1) is 19.3 Å². The first-order valence-corrected chi connectivity index (χ1v) is 9.84. The molecule has 0 bridgehead atoms. The molecular formula is C23H23N7O. The van der Waals surface area contributed by atoms with Crippen LogP contribution in [0.1, 0.15) is 29.3 Å². The standard InChI is InChI=1S/C23H23N7O/c1-13-6-4-8-16-10-17(11-27-21-19(15(3)24)20(25)28-12-29-21)30(23(31)18(13)16)22-14(2)7-5-9-26-22/h4-10,12,24H,11H2,1-3H3,(H3,25,27,28,29). The van der Waals surface area contributed by atoms with Crippen molar-refractivity contribution in [3.05, 3.63) is 81.7 Å². The van der Waals surface area contributed by atoms with Crippen LogP contribution in [0.4, 0.5) is 11.6 Å². The van der Waals surface area contributed by atoms with Crippen molar-refractivity contribution in [2.45, 2.75) is 27.3 Å². The van der Waals surface area contributed by atoms with Crippen LogP contribution in [0.15, 0.2) is 53.7 Å². The summed E-state index contributed by atoms with van der Waals surface area (Å²) in [5.74, 6) is 1.26. The van der Waals surface area contributed by atoms with E-state index in [-0.39, 0.29) is 23.6 Å². The zero-order valence-corrected chi connectivity index (χ0v) is 17.6. The van der Waals surface area contributed by atoms with Gasteiger partial charge in [0, 0.05) is 17.6 Å². The predicted molar refractivity (Wildman–Crippen MR) is 123 cm³/mol. The van der Waals surface area contributed by atoms with Gasteiger partial charge in [-0.3, -0.25) is 9.36 Å². The summed E-state index contributed by atoms with van der Waals surface area (Å²) < 4.78 is 1.64. The van der Waals surface area contributed by atoms with Crippen LogP contribution >= 0.6 is 0 Å². The van der Waals surface area contributed by atoms with Gasteiger partial charge in [0.15, 0.2) is 0 Å². The first kappa shape index (κ1) is 20.2. The third-order valence-electron chi connectivity index (χ3n) is 5.21. The second-order valence-electron chi connectivity index (χ2n) is 7.42. The van der Waals surface area contributed by atoms with Crippen LogP contribution in [-0.2, 0) is 6.54 Å². The van der Waals surface area contributed by atoms with E-state index in [1.54, 1.807) is 17.7 Å². The number of nitrogen functional groups attached to an aromatic ring is 1. The molecule has 4 rings (SSSR count). The number of benzene rings is 1. The highest BCUT2D eigenvalue weighted by molar-refractivity contribution is 6.04. The van der Waals surface area contributed by atoms with E-state index in [9.17, 15) is 4.79 Å². The predicted octanol–water partition coefficient (Wildman–Crippen LogP) is 3.37. The van der Waals surface area contributed by atoms with Gasteiger partial charge in [0.05, 0.1) is 17.5 Å². The number of pyridine rings is 2. The van der Waals surface area contributed by atoms with Gasteiger partial charge in [0.1, 0.15) is 23.8 Å². The molecule has 31 heavy (non-hydrogen) atoms. The molecule has 0 amide bonds. The molecule has 8 heteroatoms. The maximum Gasteiger partial charge on any atom is 0.264 e. The van der Waals surface area contributed by atoms with Crippen molar-refractivity contribution >= 4 is 28.1 Å². The molecule has 4 N–H and O–H groups in total. The molecule has 156 valence electrons. The molecule has 3 aromatic heterocycles. The number of rotatable bonds is 5. The zero-order valence-electron chi connectivity index (χ0n) is 17.6. The molecule has 4 aromatic rings. The van der Waals surface area contributed by atoms with Crippen molar-refractivity contribution < 1.29 is 0 Å². The molecule has 0 spiro atoms. The summed E-state index contributed by atoms with van der Waals surface area (Å²) in [7, 11) is 0. The summed E-state index contributed by atoms with van der Waals surface area (Å²) in [5, 5.41) is 12.8. The fourth-order valence-electron chi connectivity index (χ4n) is 3.74. The Morgan fingerprint density at radius 1 is 1.13 bits per heavy atom. The van der Waals surface area contributed by atoms with E-state index in [2.05, 4.69) is 20.3 Å². The molecule has 0 saturated carbocycles. The number of aryl methyl sites for hydroxylation is 2. The number of hydrogen-bond donors (Lipinski definition) is 3. The van der Waals surface area contributed by atoms with E-state index < -0.39 is 0 Å². The minimum absolute atomic E-state index is 0.125. The number of hydrogen-bond acceptors (Lipinski definition) is 7. The van der Waals surface area contributed by atoms with Crippen LogP contribution in [0.2, 0.25) is 0 Å². The van der Waals surface area contributed by atoms with Crippen LogP contribution in [-0.4, -0.2) is 25.2 Å². The Morgan fingerprint density at radius 2 is 1.90 bits per heavy atom. The smallest absolute Gasteiger partial charge is 0.264 e. The Labute approximate surface area is 179 Å².